The number of urea groups is 1. The number of aromatic nitrogens is 3. The van der Waals surface area contributed by atoms with Gasteiger partial charge in [0, 0.05) is 37.4 Å². The number of amides is 3. The SMILES string of the molecule is COCc1nc2cccnc2n1-c1ccc(C(=O)CN2C(=O)NC3(CCC(F)(F)CC3)C2=O)cc1. The average molecular weight is 483 g/mol. The summed E-state index contributed by atoms with van der Waals surface area (Å²) < 4.78 is 34.2. The summed E-state index contributed by atoms with van der Waals surface area (Å²) >= 11 is 0. The fourth-order valence-electron chi connectivity index (χ4n) is 4.69. The number of hydrogen-bond donors (Lipinski definition) is 1. The number of benzene rings is 1. The van der Waals surface area contributed by atoms with Crippen LogP contribution in [0.2, 0.25) is 0 Å². The van der Waals surface area contributed by atoms with E-state index in [9.17, 15) is 23.2 Å². The van der Waals surface area contributed by atoms with Crippen LogP contribution in [0, 0.1) is 0 Å². The summed E-state index contributed by atoms with van der Waals surface area (Å²) in [4.78, 5) is 48.0. The van der Waals surface area contributed by atoms with Crippen LogP contribution in [-0.4, -0.2) is 62.3 Å². The molecule has 0 bridgehead atoms. The van der Waals surface area contributed by atoms with Gasteiger partial charge in [-0.25, -0.2) is 23.5 Å². The fourth-order valence-corrected chi connectivity index (χ4v) is 4.69. The first-order valence-electron chi connectivity index (χ1n) is 11.2. The maximum absolute atomic E-state index is 13.6. The Bertz CT molecular complexity index is 1310. The van der Waals surface area contributed by atoms with E-state index in [0.29, 0.717) is 28.2 Å². The summed E-state index contributed by atoms with van der Waals surface area (Å²) in [6.45, 7) is -0.205. The molecule has 1 aliphatic heterocycles. The summed E-state index contributed by atoms with van der Waals surface area (Å²) in [5.74, 6) is -3.27. The molecule has 35 heavy (non-hydrogen) atoms. The van der Waals surface area contributed by atoms with Gasteiger partial charge in [-0.15, -0.1) is 0 Å². The molecule has 0 unspecified atom stereocenters. The third kappa shape index (κ3) is 4.05. The van der Waals surface area contributed by atoms with Gasteiger partial charge in [0.1, 0.15) is 23.5 Å². The Morgan fingerprint density at radius 3 is 2.51 bits per heavy atom. The summed E-state index contributed by atoms with van der Waals surface area (Å²) in [6.07, 6.45) is 0.394. The topological polar surface area (TPSA) is 106 Å². The smallest absolute Gasteiger partial charge is 0.325 e. The van der Waals surface area contributed by atoms with E-state index in [0.717, 1.165) is 4.90 Å². The van der Waals surface area contributed by atoms with E-state index in [2.05, 4.69) is 15.3 Å². The van der Waals surface area contributed by atoms with Gasteiger partial charge in [-0.1, -0.05) is 0 Å². The van der Waals surface area contributed by atoms with Crippen molar-refractivity contribution in [1.29, 1.82) is 0 Å². The van der Waals surface area contributed by atoms with Crippen LogP contribution in [0.4, 0.5) is 13.6 Å². The molecule has 1 saturated heterocycles. The van der Waals surface area contributed by atoms with Gasteiger partial charge in [0.25, 0.3) is 5.91 Å². The lowest BCUT2D eigenvalue weighted by Gasteiger charge is -2.34. The van der Waals surface area contributed by atoms with Crippen LogP contribution in [0.3, 0.4) is 0 Å². The van der Waals surface area contributed by atoms with Crippen LogP contribution in [0.25, 0.3) is 16.9 Å². The zero-order chi connectivity index (χ0) is 24.8. The number of imidazole rings is 1. The molecule has 5 rings (SSSR count). The first kappa shape index (κ1) is 23.0. The standard InChI is InChI=1S/C24H23F2N5O4/c1-35-14-19-28-17-3-2-12-27-20(17)31(19)16-6-4-15(5-7-16)18(32)13-30-21(33)23(29-22(30)34)8-10-24(25,26)11-9-23/h2-7,12H,8-11,13-14H2,1H3,(H,29,34). The molecule has 3 amide bonds. The quantitative estimate of drug-likeness (QED) is 0.426. The van der Waals surface area contributed by atoms with Gasteiger partial charge in [0.05, 0.1) is 6.54 Å². The van der Waals surface area contributed by atoms with Crippen LogP contribution in [0.1, 0.15) is 41.9 Å². The molecule has 2 aromatic heterocycles. The Hall–Kier alpha value is -3.73. The highest BCUT2D eigenvalue weighted by atomic mass is 19.3. The second-order valence-electron chi connectivity index (χ2n) is 8.87. The van der Waals surface area contributed by atoms with Crippen LogP contribution in [0.5, 0.6) is 0 Å². The number of rotatable bonds is 6. The molecular formula is C24H23F2N5O4. The highest BCUT2D eigenvalue weighted by Crippen LogP contribution is 2.41. The van der Waals surface area contributed by atoms with Crippen molar-refractivity contribution in [2.45, 2.75) is 43.8 Å². The molecule has 1 aromatic carbocycles. The number of alkyl halides is 2. The molecule has 1 aliphatic carbocycles. The lowest BCUT2D eigenvalue weighted by atomic mass is 9.80. The molecular weight excluding hydrogens is 460 g/mol. The van der Waals surface area contributed by atoms with Crippen molar-refractivity contribution in [2.24, 2.45) is 0 Å². The van der Waals surface area contributed by atoms with Crippen LogP contribution in [0.15, 0.2) is 42.6 Å². The number of imide groups is 1. The third-order valence-electron chi connectivity index (χ3n) is 6.59. The van der Waals surface area contributed by atoms with Gasteiger partial charge in [-0.2, -0.15) is 0 Å². The Balaban J connectivity index is 1.34. The summed E-state index contributed by atoms with van der Waals surface area (Å²) in [5, 5.41) is 2.55. The van der Waals surface area contributed by atoms with Gasteiger partial charge in [-0.3, -0.25) is 19.1 Å². The molecule has 2 fully saturated rings. The summed E-state index contributed by atoms with van der Waals surface area (Å²) in [7, 11) is 1.57. The minimum atomic E-state index is -2.85. The zero-order valence-electron chi connectivity index (χ0n) is 19.0. The predicted octanol–water partition coefficient (Wildman–Crippen LogP) is 3.25. The first-order valence-corrected chi connectivity index (χ1v) is 11.2. The second-order valence-corrected chi connectivity index (χ2v) is 8.87. The van der Waals surface area contributed by atoms with E-state index < -0.39 is 48.6 Å². The maximum Gasteiger partial charge on any atom is 0.325 e. The van der Waals surface area contributed by atoms with E-state index >= 15 is 0 Å². The molecule has 3 heterocycles. The summed E-state index contributed by atoms with van der Waals surface area (Å²) in [5.41, 5.74) is 1.01. The normalized spacial score (nSPS) is 18.9. The van der Waals surface area contributed by atoms with Gasteiger partial charge < -0.3 is 10.1 Å². The number of pyridine rings is 1. The zero-order valence-corrected chi connectivity index (χ0v) is 19.0. The third-order valence-corrected chi connectivity index (χ3v) is 6.59. The minimum Gasteiger partial charge on any atom is -0.377 e. The van der Waals surface area contributed by atoms with E-state index in [1.54, 1.807) is 43.6 Å². The van der Waals surface area contributed by atoms with Crippen molar-refractivity contribution in [3.8, 4) is 5.69 Å². The monoisotopic (exact) mass is 483 g/mol. The van der Waals surface area contributed by atoms with Crippen molar-refractivity contribution in [3.05, 3.63) is 54.0 Å². The fraction of sp³-hybridized carbons (Fsp3) is 0.375. The number of halogens is 2. The van der Waals surface area contributed by atoms with Gasteiger partial charge in [0.2, 0.25) is 5.92 Å². The Labute approximate surface area is 199 Å². The molecule has 0 radical (unpaired) electrons. The first-order chi connectivity index (χ1) is 16.7. The van der Waals surface area contributed by atoms with Crippen LogP contribution < -0.4 is 5.32 Å². The predicted molar refractivity (Wildman–Crippen MR) is 120 cm³/mol. The Morgan fingerprint density at radius 2 is 1.83 bits per heavy atom. The van der Waals surface area contributed by atoms with E-state index in [4.69, 9.17) is 4.74 Å². The number of carbonyl (C=O) groups is 3. The van der Waals surface area contributed by atoms with E-state index in [1.165, 1.54) is 0 Å². The minimum absolute atomic E-state index is 0.152. The molecule has 1 N–H and O–H groups in total. The maximum atomic E-state index is 13.6. The average Bonchev–Trinajstić information content (AvgIpc) is 3.31. The van der Waals surface area contributed by atoms with Gasteiger partial charge in [0.15, 0.2) is 11.4 Å². The van der Waals surface area contributed by atoms with Gasteiger partial charge in [-0.05, 0) is 49.2 Å². The van der Waals surface area contributed by atoms with Crippen LogP contribution in [-0.2, 0) is 16.1 Å². The summed E-state index contributed by atoms with van der Waals surface area (Å²) in [6, 6.07) is 9.53. The number of Topliss-reactive ketones (excluding diaryl/α,β-unsaturated/α-hetero) is 1. The van der Waals surface area contributed by atoms with Crippen LogP contribution >= 0.6 is 0 Å². The number of ether oxygens (including phenoxy) is 1. The molecule has 11 heteroatoms. The van der Waals surface area contributed by atoms with Crippen molar-refractivity contribution in [2.75, 3.05) is 13.7 Å². The highest BCUT2D eigenvalue weighted by molar-refractivity contribution is 6.11. The lowest BCUT2D eigenvalue weighted by Crippen LogP contribution is -2.51. The number of nitrogens with one attached hydrogen (secondary N) is 1. The molecule has 2 aliphatic rings. The molecule has 1 saturated carbocycles. The number of ketones is 1. The second kappa shape index (κ2) is 8.49. The largest absolute Gasteiger partial charge is 0.377 e. The number of carbonyl (C=O) groups excluding carboxylic acids is 3. The highest BCUT2D eigenvalue weighted by Gasteiger charge is 2.55. The molecule has 1 spiro atoms. The Kier molecular flexibility index (Phi) is 5.59. The van der Waals surface area contributed by atoms with Crippen molar-refractivity contribution in [3.63, 3.8) is 0 Å². The van der Waals surface area contributed by atoms with Gasteiger partial charge >= 0.3 is 6.03 Å². The number of hydrogen-bond acceptors (Lipinski definition) is 6. The van der Waals surface area contributed by atoms with E-state index in [1.807, 2.05) is 10.6 Å². The molecule has 182 valence electrons. The molecule has 9 nitrogen and oxygen atoms in total. The number of methoxy groups -OCH3 is 1. The van der Waals surface area contributed by atoms with E-state index in [-0.39, 0.29) is 19.4 Å². The Morgan fingerprint density at radius 1 is 1.11 bits per heavy atom. The van der Waals surface area contributed by atoms with Crippen molar-refractivity contribution in [1.82, 2.24) is 24.8 Å². The number of nitrogens with zero attached hydrogens (tertiary/aromatic N) is 4. The lowest BCUT2D eigenvalue weighted by molar-refractivity contribution is -0.135. The molecule has 3 aromatic rings. The van der Waals surface area contributed by atoms with Crippen molar-refractivity contribution >= 4 is 28.9 Å². The van der Waals surface area contributed by atoms with Crippen molar-refractivity contribution < 1.29 is 27.9 Å². The number of fused-ring (bicyclic) bond motifs is 1. The molecule has 0 atom stereocenters.